The number of aromatic nitrogens is 5. The van der Waals surface area contributed by atoms with Crippen molar-refractivity contribution in [3.8, 4) is 11.1 Å². The first kappa shape index (κ1) is 19.5. The molecule has 9 heteroatoms. The molecule has 5 rings (SSSR count). The van der Waals surface area contributed by atoms with Gasteiger partial charge in [-0.1, -0.05) is 18.2 Å². The molecule has 0 aliphatic rings. The Morgan fingerprint density at radius 2 is 1.97 bits per heavy atom. The molecule has 4 aromatic heterocycles. The molecule has 5 aromatic rings. The van der Waals surface area contributed by atoms with Gasteiger partial charge < -0.3 is 9.30 Å². The van der Waals surface area contributed by atoms with E-state index in [0.717, 1.165) is 12.0 Å². The number of rotatable bonds is 6. The van der Waals surface area contributed by atoms with Crippen LogP contribution in [0.1, 0.15) is 10.6 Å². The molecular weight excluding hydrogens is 417 g/mol. The summed E-state index contributed by atoms with van der Waals surface area (Å²) in [6, 6.07) is 12.0. The third kappa shape index (κ3) is 3.51. The van der Waals surface area contributed by atoms with E-state index in [0.29, 0.717) is 29.0 Å². The molecule has 0 spiro atoms. The molecule has 156 valence electrons. The van der Waals surface area contributed by atoms with Crippen LogP contribution in [0.4, 0.5) is 4.39 Å². The summed E-state index contributed by atoms with van der Waals surface area (Å²) >= 11 is 1.67. The van der Waals surface area contributed by atoms with E-state index in [2.05, 4.69) is 21.4 Å². The highest BCUT2D eigenvalue weighted by Crippen LogP contribution is 2.29. The van der Waals surface area contributed by atoms with Gasteiger partial charge in [0.15, 0.2) is 11.2 Å². The second kappa shape index (κ2) is 8.01. The number of halogens is 1. The molecule has 0 saturated carbocycles. The van der Waals surface area contributed by atoms with Crippen LogP contribution in [0.2, 0.25) is 0 Å². The zero-order valence-electron chi connectivity index (χ0n) is 16.7. The zero-order chi connectivity index (χ0) is 21.4. The summed E-state index contributed by atoms with van der Waals surface area (Å²) in [6.07, 6.45) is 2.53. The highest BCUT2D eigenvalue weighted by Gasteiger charge is 2.19. The minimum atomic E-state index is -0.326. The maximum absolute atomic E-state index is 13.4. The van der Waals surface area contributed by atoms with Crippen molar-refractivity contribution < 1.29 is 9.13 Å². The van der Waals surface area contributed by atoms with E-state index >= 15 is 0 Å². The van der Waals surface area contributed by atoms with Gasteiger partial charge in [-0.15, -0.1) is 21.5 Å². The third-order valence-electron chi connectivity index (χ3n) is 5.12. The highest BCUT2D eigenvalue weighted by atomic mass is 32.1. The van der Waals surface area contributed by atoms with Crippen molar-refractivity contribution in [3.63, 3.8) is 0 Å². The number of thiophene rings is 1. The van der Waals surface area contributed by atoms with E-state index in [1.54, 1.807) is 45.9 Å². The van der Waals surface area contributed by atoms with E-state index in [1.807, 2.05) is 17.5 Å². The monoisotopic (exact) mass is 435 g/mol. The van der Waals surface area contributed by atoms with Crippen LogP contribution in [0.5, 0.6) is 0 Å². The second-order valence-electron chi connectivity index (χ2n) is 7.07. The van der Waals surface area contributed by atoms with Crippen LogP contribution < -0.4 is 5.56 Å². The minimum absolute atomic E-state index is 0.212. The van der Waals surface area contributed by atoms with Crippen molar-refractivity contribution in [2.45, 2.75) is 19.6 Å². The number of aryl methyl sites for hydroxylation is 2. The molecule has 0 N–H and O–H groups in total. The average Bonchev–Trinajstić information content (AvgIpc) is 3.42. The second-order valence-corrected chi connectivity index (χ2v) is 8.11. The molecule has 0 atom stereocenters. The number of fused-ring (bicyclic) bond motifs is 3. The van der Waals surface area contributed by atoms with Crippen LogP contribution in [0, 0.1) is 5.82 Å². The van der Waals surface area contributed by atoms with Gasteiger partial charge in [-0.05, 0) is 41.6 Å². The first-order valence-electron chi connectivity index (χ1n) is 9.70. The molecule has 0 aliphatic heterocycles. The summed E-state index contributed by atoms with van der Waals surface area (Å²) < 4.78 is 22.0. The number of ether oxygens (including phenoxy) is 1. The largest absolute Gasteiger partial charge is 0.378 e. The fourth-order valence-electron chi connectivity index (χ4n) is 3.64. The normalized spacial score (nSPS) is 11.5. The summed E-state index contributed by atoms with van der Waals surface area (Å²) in [4.78, 5) is 14.2. The lowest BCUT2D eigenvalue weighted by Crippen LogP contribution is -2.22. The minimum Gasteiger partial charge on any atom is -0.378 e. The highest BCUT2D eigenvalue weighted by molar-refractivity contribution is 7.09. The maximum Gasteiger partial charge on any atom is 0.280 e. The predicted octanol–water partition coefficient (Wildman–Crippen LogP) is 3.70. The molecule has 31 heavy (non-hydrogen) atoms. The molecule has 0 bridgehead atoms. The van der Waals surface area contributed by atoms with Crippen LogP contribution in [0.3, 0.4) is 0 Å². The van der Waals surface area contributed by atoms with Crippen molar-refractivity contribution in [3.05, 3.63) is 80.8 Å². The van der Waals surface area contributed by atoms with Crippen molar-refractivity contribution >= 4 is 28.0 Å². The van der Waals surface area contributed by atoms with Crippen LogP contribution in [-0.4, -0.2) is 31.5 Å². The lowest BCUT2D eigenvalue weighted by Gasteiger charge is -2.07. The van der Waals surface area contributed by atoms with Gasteiger partial charge >= 0.3 is 0 Å². The molecule has 4 heterocycles. The summed E-state index contributed by atoms with van der Waals surface area (Å²) in [6.45, 7) is 0.805. The van der Waals surface area contributed by atoms with Crippen molar-refractivity contribution in [2.75, 3.05) is 7.11 Å². The lowest BCUT2D eigenvalue weighted by molar-refractivity contribution is 0.181. The summed E-state index contributed by atoms with van der Waals surface area (Å²) in [7, 11) is 1.58. The van der Waals surface area contributed by atoms with E-state index in [9.17, 15) is 9.18 Å². The Bertz CT molecular complexity index is 1420. The van der Waals surface area contributed by atoms with Gasteiger partial charge in [-0.25, -0.2) is 8.91 Å². The van der Waals surface area contributed by atoms with Gasteiger partial charge in [0.2, 0.25) is 0 Å². The van der Waals surface area contributed by atoms with Gasteiger partial charge in [-0.2, -0.15) is 5.10 Å². The molecule has 0 aliphatic carbocycles. The molecule has 7 nitrogen and oxygen atoms in total. The zero-order valence-corrected chi connectivity index (χ0v) is 17.5. The Labute approximate surface area is 180 Å². The van der Waals surface area contributed by atoms with Gasteiger partial charge in [-0.3, -0.25) is 4.79 Å². The Morgan fingerprint density at radius 3 is 2.71 bits per heavy atom. The van der Waals surface area contributed by atoms with Gasteiger partial charge in [0.25, 0.3) is 5.56 Å². The fraction of sp³-hybridized carbons (Fsp3) is 0.182. The molecule has 1 aromatic carbocycles. The molecular formula is C22H18FN5O2S. The Morgan fingerprint density at radius 1 is 1.13 bits per heavy atom. The standard InChI is InChI=1S/C22H18FN5O2S/c1-30-13-17-19(14-4-6-15(23)7-5-14)21-25-24-20-18(28(21)26-17)9-11-27(22(20)29)10-8-16-3-2-12-31-16/h2-7,9,11-12H,8,10,13H2,1H3. The Kier molecular flexibility index (Phi) is 5.05. The van der Waals surface area contributed by atoms with Gasteiger partial charge in [0.1, 0.15) is 11.3 Å². The van der Waals surface area contributed by atoms with E-state index in [-0.39, 0.29) is 23.5 Å². The quantitative estimate of drug-likeness (QED) is 0.407. The maximum atomic E-state index is 13.4. The first-order valence-corrected chi connectivity index (χ1v) is 10.6. The Hall–Kier alpha value is -3.43. The Balaban J connectivity index is 1.64. The van der Waals surface area contributed by atoms with Crippen LogP contribution in [0.15, 0.2) is 58.8 Å². The number of hydrogen-bond acceptors (Lipinski definition) is 6. The van der Waals surface area contributed by atoms with Gasteiger partial charge in [0.05, 0.1) is 17.9 Å². The molecule has 0 unspecified atom stereocenters. The van der Waals surface area contributed by atoms with E-state index in [1.165, 1.54) is 17.0 Å². The van der Waals surface area contributed by atoms with Crippen molar-refractivity contribution in [2.24, 2.45) is 0 Å². The number of methoxy groups -OCH3 is 1. The van der Waals surface area contributed by atoms with Gasteiger partial charge in [0, 0.05) is 24.7 Å². The fourth-order valence-corrected chi connectivity index (χ4v) is 4.34. The molecule has 0 amide bonds. The van der Waals surface area contributed by atoms with E-state index in [4.69, 9.17) is 4.74 Å². The van der Waals surface area contributed by atoms with Crippen LogP contribution >= 0.6 is 11.3 Å². The molecule has 0 saturated heterocycles. The summed E-state index contributed by atoms with van der Waals surface area (Å²) in [5.74, 6) is -0.326. The third-order valence-corrected chi connectivity index (χ3v) is 6.05. The molecule has 0 fully saturated rings. The van der Waals surface area contributed by atoms with E-state index < -0.39 is 0 Å². The topological polar surface area (TPSA) is 74.3 Å². The number of pyridine rings is 1. The predicted molar refractivity (Wildman–Crippen MR) is 117 cm³/mol. The average molecular weight is 435 g/mol. The summed E-state index contributed by atoms with van der Waals surface area (Å²) in [5.41, 5.74) is 3.18. The summed E-state index contributed by atoms with van der Waals surface area (Å²) in [5, 5.41) is 15.2. The molecule has 0 radical (unpaired) electrons. The lowest BCUT2D eigenvalue weighted by atomic mass is 10.1. The first-order chi connectivity index (χ1) is 15.2. The smallest absolute Gasteiger partial charge is 0.280 e. The SMILES string of the molecule is COCc1nn2c(nnc3c(=O)n(CCc4cccs4)ccc32)c1-c1ccc(F)cc1. The number of hydrogen-bond donors (Lipinski definition) is 0. The van der Waals surface area contributed by atoms with Crippen LogP contribution in [-0.2, 0) is 24.3 Å². The number of nitrogens with zero attached hydrogens (tertiary/aromatic N) is 5. The van der Waals surface area contributed by atoms with Crippen molar-refractivity contribution in [1.82, 2.24) is 24.4 Å². The number of benzene rings is 1. The van der Waals surface area contributed by atoms with Crippen LogP contribution in [0.25, 0.3) is 27.8 Å². The van der Waals surface area contributed by atoms with Crippen molar-refractivity contribution in [1.29, 1.82) is 0 Å².